The monoisotopic (exact) mass is 219 g/mol. The molecule has 0 fully saturated rings. The molecule has 1 aromatic rings. The zero-order valence-corrected chi connectivity index (χ0v) is 10.0. The summed E-state index contributed by atoms with van der Waals surface area (Å²) in [5, 5.41) is 0. The molecule has 0 heterocycles. The van der Waals surface area contributed by atoms with Gasteiger partial charge < -0.3 is 5.73 Å². The molecule has 0 atom stereocenters. The molecule has 0 aliphatic heterocycles. The predicted molar refractivity (Wildman–Crippen MR) is 68.3 cm³/mol. The van der Waals surface area contributed by atoms with E-state index in [4.69, 9.17) is 5.73 Å². The fraction of sp³-hybridized carbons (Fsp3) is 0.500. The standard InChI is InChI=1S/C14H21NO/c1-2-3-4-5-6-14(16)11-12-7-9-13(15)10-8-12/h7-10H,2-6,11,15H2,1H3. The fourth-order valence-corrected chi connectivity index (χ4v) is 1.70. The summed E-state index contributed by atoms with van der Waals surface area (Å²) in [6.45, 7) is 2.18. The minimum atomic E-state index is 0.334. The highest BCUT2D eigenvalue weighted by Crippen LogP contribution is 2.09. The van der Waals surface area contributed by atoms with E-state index in [1.54, 1.807) is 0 Å². The number of unbranched alkanes of at least 4 members (excludes halogenated alkanes) is 3. The van der Waals surface area contributed by atoms with E-state index in [2.05, 4.69) is 6.92 Å². The third-order valence-electron chi connectivity index (χ3n) is 2.69. The SMILES string of the molecule is CCCCCCC(=O)Cc1ccc(N)cc1. The molecule has 0 aliphatic rings. The van der Waals surface area contributed by atoms with E-state index in [-0.39, 0.29) is 0 Å². The van der Waals surface area contributed by atoms with E-state index < -0.39 is 0 Å². The van der Waals surface area contributed by atoms with Crippen LogP contribution in [0.2, 0.25) is 0 Å². The highest BCUT2D eigenvalue weighted by atomic mass is 16.1. The molecule has 1 rings (SSSR count). The maximum atomic E-state index is 11.6. The second-order valence-corrected chi connectivity index (χ2v) is 4.27. The Hall–Kier alpha value is -1.31. The molecule has 16 heavy (non-hydrogen) atoms. The largest absolute Gasteiger partial charge is 0.399 e. The van der Waals surface area contributed by atoms with E-state index in [1.165, 1.54) is 19.3 Å². The van der Waals surface area contributed by atoms with Gasteiger partial charge in [0.05, 0.1) is 0 Å². The summed E-state index contributed by atoms with van der Waals surface area (Å²) in [5.74, 6) is 0.334. The third kappa shape index (κ3) is 4.96. The Bertz CT molecular complexity index is 316. The Morgan fingerprint density at radius 3 is 2.44 bits per heavy atom. The summed E-state index contributed by atoms with van der Waals surface area (Å²) >= 11 is 0. The van der Waals surface area contributed by atoms with Crippen molar-refractivity contribution in [3.05, 3.63) is 29.8 Å². The van der Waals surface area contributed by atoms with Gasteiger partial charge in [0.25, 0.3) is 0 Å². The van der Waals surface area contributed by atoms with Crippen LogP contribution in [0, 0.1) is 0 Å². The first-order valence-corrected chi connectivity index (χ1v) is 6.08. The van der Waals surface area contributed by atoms with Crippen LogP contribution in [0.4, 0.5) is 5.69 Å². The smallest absolute Gasteiger partial charge is 0.137 e. The van der Waals surface area contributed by atoms with E-state index in [0.717, 1.165) is 17.7 Å². The lowest BCUT2D eigenvalue weighted by atomic mass is 10.0. The summed E-state index contributed by atoms with van der Waals surface area (Å²) in [6, 6.07) is 7.55. The number of hydrogen-bond acceptors (Lipinski definition) is 2. The van der Waals surface area contributed by atoms with E-state index in [1.807, 2.05) is 24.3 Å². The molecule has 0 saturated heterocycles. The molecule has 0 bridgehead atoms. The summed E-state index contributed by atoms with van der Waals surface area (Å²) in [5.41, 5.74) is 7.40. The molecule has 0 unspecified atom stereocenters. The first-order chi connectivity index (χ1) is 7.72. The Kier molecular flexibility index (Phi) is 5.62. The molecule has 0 saturated carbocycles. The van der Waals surface area contributed by atoms with Crippen molar-refractivity contribution in [3.63, 3.8) is 0 Å². The summed E-state index contributed by atoms with van der Waals surface area (Å²) in [4.78, 5) is 11.6. The highest BCUT2D eigenvalue weighted by Gasteiger charge is 2.03. The number of hydrogen-bond donors (Lipinski definition) is 1. The van der Waals surface area contributed by atoms with Crippen molar-refractivity contribution in [1.82, 2.24) is 0 Å². The minimum Gasteiger partial charge on any atom is -0.399 e. The Morgan fingerprint density at radius 1 is 1.12 bits per heavy atom. The van der Waals surface area contributed by atoms with Crippen LogP contribution in [0.15, 0.2) is 24.3 Å². The Labute approximate surface area is 97.9 Å². The lowest BCUT2D eigenvalue weighted by Gasteiger charge is -2.02. The summed E-state index contributed by atoms with van der Waals surface area (Å²) in [7, 11) is 0. The predicted octanol–water partition coefficient (Wildman–Crippen LogP) is 3.35. The second kappa shape index (κ2) is 7.04. The number of nitrogens with two attached hydrogens (primary N) is 1. The van der Waals surface area contributed by atoms with Gasteiger partial charge in [-0.05, 0) is 24.1 Å². The molecule has 0 radical (unpaired) electrons. The van der Waals surface area contributed by atoms with Gasteiger partial charge in [-0.3, -0.25) is 4.79 Å². The van der Waals surface area contributed by atoms with Crippen LogP contribution in [0.25, 0.3) is 0 Å². The number of Topliss-reactive ketones (excluding diaryl/α,β-unsaturated/α-hetero) is 1. The van der Waals surface area contributed by atoms with Crippen LogP contribution in [-0.4, -0.2) is 5.78 Å². The minimum absolute atomic E-state index is 0.334. The van der Waals surface area contributed by atoms with Crippen LogP contribution in [-0.2, 0) is 11.2 Å². The molecule has 2 nitrogen and oxygen atoms in total. The van der Waals surface area contributed by atoms with Crippen molar-refractivity contribution in [2.75, 3.05) is 5.73 Å². The van der Waals surface area contributed by atoms with Gasteiger partial charge in [-0.2, -0.15) is 0 Å². The van der Waals surface area contributed by atoms with Gasteiger partial charge in [0.1, 0.15) is 5.78 Å². The van der Waals surface area contributed by atoms with Gasteiger partial charge in [0, 0.05) is 18.5 Å². The van der Waals surface area contributed by atoms with Crippen molar-refractivity contribution < 1.29 is 4.79 Å². The normalized spacial score (nSPS) is 10.3. The molecule has 1 aromatic carbocycles. The van der Waals surface area contributed by atoms with Crippen molar-refractivity contribution in [1.29, 1.82) is 0 Å². The molecule has 0 amide bonds. The zero-order valence-electron chi connectivity index (χ0n) is 10.0. The first-order valence-electron chi connectivity index (χ1n) is 6.08. The molecule has 0 aromatic heterocycles. The van der Waals surface area contributed by atoms with Gasteiger partial charge in [0.2, 0.25) is 0 Å². The quantitative estimate of drug-likeness (QED) is 0.564. The maximum Gasteiger partial charge on any atom is 0.137 e. The third-order valence-corrected chi connectivity index (χ3v) is 2.69. The van der Waals surface area contributed by atoms with Crippen LogP contribution >= 0.6 is 0 Å². The number of carbonyl (C=O) groups is 1. The fourth-order valence-electron chi connectivity index (χ4n) is 1.70. The van der Waals surface area contributed by atoms with E-state index >= 15 is 0 Å². The Morgan fingerprint density at radius 2 is 1.81 bits per heavy atom. The zero-order chi connectivity index (χ0) is 11.8. The number of ketones is 1. The summed E-state index contributed by atoms with van der Waals surface area (Å²) in [6.07, 6.45) is 5.91. The molecular weight excluding hydrogens is 198 g/mol. The maximum absolute atomic E-state index is 11.6. The Balaban J connectivity index is 2.26. The van der Waals surface area contributed by atoms with Gasteiger partial charge in [-0.25, -0.2) is 0 Å². The average Bonchev–Trinajstić information content (AvgIpc) is 2.28. The lowest BCUT2D eigenvalue weighted by molar-refractivity contribution is -0.118. The van der Waals surface area contributed by atoms with Crippen molar-refractivity contribution in [2.45, 2.75) is 45.4 Å². The summed E-state index contributed by atoms with van der Waals surface area (Å²) < 4.78 is 0. The molecule has 2 heteroatoms. The molecular formula is C14H21NO. The van der Waals surface area contributed by atoms with Crippen LogP contribution < -0.4 is 5.73 Å². The topological polar surface area (TPSA) is 43.1 Å². The van der Waals surface area contributed by atoms with Gasteiger partial charge >= 0.3 is 0 Å². The van der Waals surface area contributed by atoms with Crippen molar-refractivity contribution in [2.24, 2.45) is 0 Å². The molecule has 0 aliphatic carbocycles. The van der Waals surface area contributed by atoms with Crippen molar-refractivity contribution >= 4 is 11.5 Å². The molecule has 2 N–H and O–H groups in total. The average molecular weight is 219 g/mol. The van der Waals surface area contributed by atoms with Gasteiger partial charge in [-0.15, -0.1) is 0 Å². The van der Waals surface area contributed by atoms with Crippen LogP contribution in [0.1, 0.15) is 44.6 Å². The number of carbonyl (C=O) groups excluding carboxylic acids is 1. The van der Waals surface area contributed by atoms with E-state index in [9.17, 15) is 4.79 Å². The van der Waals surface area contributed by atoms with E-state index in [0.29, 0.717) is 18.6 Å². The van der Waals surface area contributed by atoms with Crippen molar-refractivity contribution in [3.8, 4) is 0 Å². The highest BCUT2D eigenvalue weighted by molar-refractivity contribution is 5.80. The number of benzene rings is 1. The molecule has 88 valence electrons. The number of nitrogen functional groups attached to an aromatic ring is 1. The lowest BCUT2D eigenvalue weighted by Crippen LogP contribution is -2.02. The number of rotatable bonds is 7. The van der Waals surface area contributed by atoms with Gasteiger partial charge in [-0.1, -0.05) is 38.3 Å². The second-order valence-electron chi connectivity index (χ2n) is 4.27. The van der Waals surface area contributed by atoms with Gasteiger partial charge in [0.15, 0.2) is 0 Å². The number of anilines is 1. The van der Waals surface area contributed by atoms with Crippen LogP contribution in [0.3, 0.4) is 0 Å². The van der Waals surface area contributed by atoms with Crippen LogP contribution in [0.5, 0.6) is 0 Å². The molecule has 0 spiro atoms. The first kappa shape index (κ1) is 12.8.